The monoisotopic (exact) mass is 380 g/mol. The van der Waals surface area contributed by atoms with Crippen molar-refractivity contribution in [3.05, 3.63) is 23.3 Å². The summed E-state index contributed by atoms with van der Waals surface area (Å²) in [5.41, 5.74) is 1.70. The summed E-state index contributed by atoms with van der Waals surface area (Å²) in [4.78, 5) is 0. The first-order chi connectivity index (χ1) is 13.3. The van der Waals surface area contributed by atoms with E-state index >= 15 is 0 Å². The standard InChI is InChI=1S/C21H32O6/c1-4-6-7-15(5-2)14-27-19-13-16(20-23-8-9-24-20)18(22-3)12-17(19)21-25-10-11-26-21/h12-13,15,20-21H,4-11,14H2,1-3H3. The van der Waals surface area contributed by atoms with Gasteiger partial charge in [-0.1, -0.05) is 33.1 Å². The molecule has 1 aromatic carbocycles. The van der Waals surface area contributed by atoms with Gasteiger partial charge in [-0.3, -0.25) is 0 Å². The summed E-state index contributed by atoms with van der Waals surface area (Å²) in [5, 5.41) is 0. The number of hydrogen-bond acceptors (Lipinski definition) is 6. The molecule has 2 heterocycles. The smallest absolute Gasteiger partial charge is 0.187 e. The highest BCUT2D eigenvalue weighted by Crippen LogP contribution is 2.41. The lowest BCUT2D eigenvalue weighted by molar-refractivity contribution is -0.0494. The molecule has 152 valence electrons. The van der Waals surface area contributed by atoms with E-state index in [-0.39, 0.29) is 0 Å². The molecule has 0 radical (unpaired) electrons. The molecule has 3 rings (SSSR count). The Hall–Kier alpha value is -1.34. The molecule has 6 heteroatoms. The third kappa shape index (κ3) is 5.13. The summed E-state index contributed by atoms with van der Waals surface area (Å²) in [7, 11) is 1.65. The molecule has 6 nitrogen and oxygen atoms in total. The van der Waals surface area contributed by atoms with Crippen LogP contribution in [-0.4, -0.2) is 40.1 Å². The maximum Gasteiger partial charge on any atom is 0.187 e. The van der Waals surface area contributed by atoms with E-state index in [0.29, 0.717) is 44.7 Å². The van der Waals surface area contributed by atoms with Crippen molar-refractivity contribution in [3.63, 3.8) is 0 Å². The zero-order valence-corrected chi connectivity index (χ0v) is 16.7. The van der Waals surface area contributed by atoms with Crippen molar-refractivity contribution >= 4 is 0 Å². The van der Waals surface area contributed by atoms with Gasteiger partial charge in [-0.15, -0.1) is 0 Å². The largest absolute Gasteiger partial charge is 0.496 e. The van der Waals surface area contributed by atoms with E-state index in [4.69, 9.17) is 28.4 Å². The fourth-order valence-corrected chi connectivity index (χ4v) is 3.44. The van der Waals surface area contributed by atoms with Gasteiger partial charge >= 0.3 is 0 Å². The van der Waals surface area contributed by atoms with Gasteiger partial charge in [0.2, 0.25) is 0 Å². The maximum absolute atomic E-state index is 6.27. The fourth-order valence-electron chi connectivity index (χ4n) is 3.44. The lowest BCUT2D eigenvalue weighted by Crippen LogP contribution is -2.14. The SMILES string of the molecule is CCCCC(CC)COc1cc(C2OCCO2)c(OC)cc1C1OCCO1. The fraction of sp³-hybridized carbons (Fsp3) is 0.714. The average Bonchev–Trinajstić information content (AvgIpc) is 3.41. The molecule has 0 bridgehead atoms. The van der Waals surface area contributed by atoms with Crippen LogP contribution in [0.2, 0.25) is 0 Å². The number of methoxy groups -OCH3 is 1. The molecule has 0 aliphatic carbocycles. The van der Waals surface area contributed by atoms with E-state index in [1.165, 1.54) is 19.3 Å². The number of rotatable bonds is 10. The number of ether oxygens (including phenoxy) is 6. The molecule has 2 fully saturated rings. The molecule has 0 N–H and O–H groups in total. The van der Waals surface area contributed by atoms with E-state index in [2.05, 4.69) is 13.8 Å². The predicted molar refractivity (Wildman–Crippen MR) is 101 cm³/mol. The van der Waals surface area contributed by atoms with Crippen molar-refractivity contribution in [1.29, 1.82) is 0 Å². The second kappa shape index (κ2) is 10.3. The molecule has 0 aromatic heterocycles. The van der Waals surface area contributed by atoms with Gasteiger partial charge in [0, 0.05) is 0 Å². The van der Waals surface area contributed by atoms with Crippen molar-refractivity contribution in [2.75, 3.05) is 40.1 Å². The minimum atomic E-state index is -0.427. The van der Waals surface area contributed by atoms with Crippen molar-refractivity contribution in [2.24, 2.45) is 5.92 Å². The van der Waals surface area contributed by atoms with Crippen LogP contribution in [0.25, 0.3) is 0 Å². The molecule has 2 saturated heterocycles. The van der Waals surface area contributed by atoms with Crippen molar-refractivity contribution < 1.29 is 28.4 Å². The molecule has 0 amide bonds. The van der Waals surface area contributed by atoms with Gasteiger partial charge in [0.15, 0.2) is 12.6 Å². The second-order valence-electron chi connectivity index (χ2n) is 7.01. The zero-order chi connectivity index (χ0) is 19.1. The lowest BCUT2D eigenvalue weighted by Gasteiger charge is -2.22. The normalized spacial score (nSPS) is 19.5. The first-order valence-corrected chi connectivity index (χ1v) is 10.1. The maximum atomic E-state index is 6.27. The van der Waals surface area contributed by atoms with Crippen LogP contribution in [0.4, 0.5) is 0 Å². The topological polar surface area (TPSA) is 55.4 Å². The number of unbranched alkanes of at least 4 members (excludes halogenated alkanes) is 1. The Balaban J connectivity index is 1.84. The van der Waals surface area contributed by atoms with Gasteiger partial charge < -0.3 is 28.4 Å². The number of benzene rings is 1. The van der Waals surface area contributed by atoms with E-state index in [0.717, 1.165) is 23.3 Å². The van der Waals surface area contributed by atoms with Gasteiger partial charge in [0.25, 0.3) is 0 Å². The highest BCUT2D eigenvalue weighted by atomic mass is 16.7. The zero-order valence-electron chi connectivity index (χ0n) is 16.7. The molecular formula is C21H32O6. The van der Waals surface area contributed by atoms with Crippen molar-refractivity contribution in [3.8, 4) is 11.5 Å². The van der Waals surface area contributed by atoms with Gasteiger partial charge in [-0.2, -0.15) is 0 Å². The lowest BCUT2D eigenvalue weighted by atomic mass is 10.0. The molecule has 1 atom stereocenters. The summed E-state index contributed by atoms with van der Waals surface area (Å²) in [6, 6.07) is 3.89. The molecule has 0 saturated carbocycles. The van der Waals surface area contributed by atoms with Crippen LogP contribution >= 0.6 is 0 Å². The summed E-state index contributed by atoms with van der Waals surface area (Å²) in [6.45, 7) is 7.43. The summed E-state index contributed by atoms with van der Waals surface area (Å²) < 4.78 is 34.7. The average molecular weight is 380 g/mol. The van der Waals surface area contributed by atoms with Gasteiger partial charge in [-0.05, 0) is 24.5 Å². The Morgan fingerprint density at radius 2 is 1.48 bits per heavy atom. The Bertz CT molecular complexity index is 578. The van der Waals surface area contributed by atoms with E-state index in [9.17, 15) is 0 Å². The predicted octanol–water partition coefficient (Wildman–Crippen LogP) is 4.38. The van der Waals surface area contributed by atoms with Crippen LogP contribution in [0.15, 0.2) is 12.1 Å². The molecule has 1 aromatic rings. The van der Waals surface area contributed by atoms with Crippen LogP contribution in [0, 0.1) is 5.92 Å². The van der Waals surface area contributed by atoms with Gasteiger partial charge in [-0.25, -0.2) is 0 Å². The molecule has 2 aliphatic rings. The van der Waals surface area contributed by atoms with Crippen LogP contribution in [-0.2, 0) is 18.9 Å². The summed E-state index contributed by atoms with van der Waals surface area (Å²) in [5.74, 6) is 1.99. The Kier molecular flexibility index (Phi) is 7.76. The molecule has 27 heavy (non-hydrogen) atoms. The minimum absolute atomic E-state index is 0.427. The van der Waals surface area contributed by atoms with Crippen LogP contribution in [0.5, 0.6) is 11.5 Å². The van der Waals surface area contributed by atoms with Crippen molar-refractivity contribution in [2.45, 2.75) is 52.1 Å². The van der Waals surface area contributed by atoms with Gasteiger partial charge in [0.1, 0.15) is 11.5 Å². The third-order valence-electron chi connectivity index (χ3n) is 5.13. The summed E-state index contributed by atoms with van der Waals surface area (Å²) in [6.07, 6.45) is 3.85. The minimum Gasteiger partial charge on any atom is -0.496 e. The van der Waals surface area contributed by atoms with E-state index in [1.807, 2.05) is 12.1 Å². The molecule has 0 spiro atoms. The Morgan fingerprint density at radius 1 is 0.926 bits per heavy atom. The Labute approximate surface area is 162 Å². The Morgan fingerprint density at radius 3 is 2.00 bits per heavy atom. The van der Waals surface area contributed by atoms with Crippen molar-refractivity contribution in [1.82, 2.24) is 0 Å². The van der Waals surface area contributed by atoms with E-state index < -0.39 is 12.6 Å². The van der Waals surface area contributed by atoms with Crippen LogP contribution in [0.3, 0.4) is 0 Å². The third-order valence-corrected chi connectivity index (χ3v) is 5.13. The first kappa shape index (κ1) is 20.4. The van der Waals surface area contributed by atoms with Crippen LogP contribution in [0.1, 0.15) is 63.2 Å². The molecule has 2 aliphatic heterocycles. The molecule has 1 unspecified atom stereocenters. The summed E-state index contributed by atoms with van der Waals surface area (Å²) >= 11 is 0. The molecular weight excluding hydrogens is 348 g/mol. The highest BCUT2D eigenvalue weighted by Gasteiger charge is 2.29. The van der Waals surface area contributed by atoms with E-state index in [1.54, 1.807) is 7.11 Å². The van der Waals surface area contributed by atoms with Crippen LogP contribution < -0.4 is 9.47 Å². The van der Waals surface area contributed by atoms with Gasteiger partial charge in [0.05, 0.1) is 51.3 Å². The first-order valence-electron chi connectivity index (χ1n) is 10.1. The highest BCUT2D eigenvalue weighted by molar-refractivity contribution is 5.48. The number of hydrogen-bond donors (Lipinski definition) is 0. The quantitative estimate of drug-likeness (QED) is 0.600. The second-order valence-corrected chi connectivity index (χ2v) is 7.01.